The molecule has 7 N–H and O–H groups in total. The average molecular weight is 1010 g/mol. The number of rotatable bonds is 7. The summed E-state index contributed by atoms with van der Waals surface area (Å²) in [5.74, 6) is 0.647. The van der Waals surface area contributed by atoms with Crippen LogP contribution >= 0.6 is 67.8 Å². The summed E-state index contributed by atoms with van der Waals surface area (Å²) in [6.07, 6.45) is 6.00. The molecular formula is C36H42I3NO9. The van der Waals surface area contributed by atoms with Crippen LogP contribution in [-0.2, 0) is 20.8 Å². The summed E-state index contributed by atoms with van der Waals surface area (Å²) in [6.45, 7) is 3.46. The number of aliphatic hydroxyl groups is 3. The first-order chi connectivity index (χ1) is 22.9. The number of ketones is 2. The normalized spacial score (nSPS) is 32.4. The number of ether oxygens (including phenoxy) is 1. The standard InChI is InChI=1S/C21H30O5.C15H12I3NO4/c1-19-7-5-13(23)9-12(19)3-4-14-15-6-8-21(26,17(25)11-22)20(15,2)10-16(24)18(14)19;16-9-6-8(1-2-13(9)20)23-14-10(17)3-7(4-11(14)18)5-12(19)15(21)22/h9,14-16,18,22,24,26H,3-8,10-11H2,1-2H3;1-4,6,12,20H,5,19H2,(H,21,22)/t14-,15-,16-,18+,19-,20-,21-;12-/m00/s1. The Morgan fingerprint density at radius 3 is 2.33 bits per heavy atom. The highest BCUT2D eigenvalue weighted by atomic mass is 127. The van der Waals surface area contributed by atoms with Gasteiger partial charge < -0.3 is 36.0 Å². The maximum atomic E-state index is 12.4. The predicted octanol–water partition coefficient (Wildman–Crippen LogP) is 5.73. The van der Waals surface area contributed by atoms with Crippen molar-refractivity contribution in [1.82, 2.24) is 0 Å². The number of Topliss-reactive ketones (excluding diaryl/α,β-unsaturated/α-hetero) is 1. The van der Waals surface area contributed by atoms with Gasteiger partial charge in [0.25, 0.3) is 0 Å². The van der Waals surface area contributed by atoms with E-state index in [0.29, 0.717) is 34.3 Å². The maximum absolute atomic E-state index is 12.4. The zero-order valence-corrected chi connectivity index (χ0v) is 33.8. The van der Waals surface area contributed by atoms with Crippen LogP contribution in [0, 0.1) is 39.3 Å². The van der Waals surface area contributed by atoms with Crippen LogP contribution in [-0.4, -0.2) is 67.4 Å². The Morgan fingerprint density at radius 2 is 1.71 bits per heavy atom. The van der Waals surface area contributed by atoms with Gasteiger partial charge in [-0.25, -0.2) is 0 Å². The van der Waals surface area contributed by atoms with E-state index >= 15 is 0 Å². The number of phenolic OH excluding ortho intramolecular Hbond substituents is 1. The first-order valence-electron chi connectivity index (χ1n) is 16.4. The van der Waals surface area contributed by atoms with E-state index in [4.69, 9.17) is 15.6 Å². The van der Waals surface area contributed by atoms with Crippen molar-refractivity contribution in [1.29, 1.82) is 0 Å². The molecule has 0 aliphatic heterocycles. The Kier molecular flexibility index (Phi) is 11.8. The van der Waals surface area contributed by atoms with E-state index in [0.717, 1.165) is 38.4 Å². The zero-order valence-electron chi connectivity index (χ0n) is 27.3. The van der Waals surface area contributed by atoms with Gasteiger partial charge >= 0.3 is 5.97 Å². The molecule has 0 heterocycles. The fourth-order valence-corrected chi connectivity index (χ4v) is 11.7. The van der Waals surface area contributed by atoms with Crippen LogP contribution in [0.1, 0.15) is 64.4 Å². The summed E-state index contributed by atoms with van der Waals surface area (Å²) >= 11 is 6.33. The summed E-state index contributed by atoms with van der Waals surface area (Å²) < 4.78 is 8.34. The van der Waals surface area contributed by atoms with E-state index in [2.05, 4.69) is 52.1 Å². The summed E-state index contributed by atoms with van der Waals surface area (Å²) in [5.41, 5.74) is 5.20. The minimum Gasteiger partial charge on any atom is -0.507 e. The second kappa shape index (κ2) is 14.9. The number of carboxylic acids is 1. The Bertz CT molecular complexity index is 1660. The van der Waals surface area contributed by atoms with E-state index in [1.165, 1.54) is 5.57 Å². The van der Waals surface area contributed by atoms with Crippen molar-refractivity contribution in [3.05, 3.63) is 58.3 Å². The third-order valence-corrected chi connectivity index (χ3v) is 14.1. The molecule has 3 saturated carbocycles. The van der Waals surface area contributed by atoms with Gasteiger partial charge in [0, 0.05) is 11.8 Å². The zero-order chi connectivity index (χ0) is 36.1. The third kappa shape index (κ3) is 7.32. The molecule has 8 atom stereocenters. The quantitative estimate of drug-likeness (QED) is 0.187. The molecule has 2 aromatic carbocycles. The fraction of sp³-hybridized carbons (Fsp3) is 0.528. The monoisotopic (exact) mass is 1010 g/mol. The molecule has 3 fully saturated rings. The van der Waals surface area contributed by atoms with Gasteiger partial charge in [0.1, 0.15) is 29.7 Å². The molecule has 49 heavy (non-hydrogen) atoms. The van der Waals surface area contributed by atoms with Crippen LogP contribution in [0.25, 0.3) is 0 Å². The molecule has 0 radical (unpaired) electrons. The highest BCUT2D eigenvalue weighted by Crippen LogP contribution is 2.67. The fourth-order valence-electron chi connectivity index (χ4n) is 9.12. The first kappa shape index (κ1) is 38.8. The number of nitrogens with two attached hydrogens (primary N) is 1. The lowest BCUT2D eigenvalue weighted by Gasteiger charge is -2.60. The lowest BCUT2D eigenvalue weighted by Crippen LogP contribution is -2.62. The Hall–Kier alpha value is -1.38. The van der Waals surface area contributed by atoms with Crippen molar-refractivity contribution in [2.24, 2.45) is 34.3 Å². The summed E-state index contributed by atoms with van der Waals surface area (Å²) in [7, 11) is 0. The third-order valence-electron chi connectivity index (χ3n) is 11.6. The predicted molar refractivity (Wildman–Crippen MR) is 207 cm³/mol. The van der Waals surface area contributed by atoms with Crippen molar-refractivity contribution < 1.29 is 44.7 Å². The summed E-state index contributed by atoms with van der Waals surface area (Å²) in [4.78, 5) is 35.1. The van der Waals surface area contributed by atoms with Crippen molar-refractivity contribution in [2.45, 2.75) is 83.0 Å². The number of allylic oxidation sites excluding steroid dienone is 1. The van der Waals surface area contributed by atoms with E-state index in [1.807, 2.05) is 41.6 Å². The number of carboxylic acid groups (broad SMARTS) is 1. The highest BCUT2D eigenvalue weighted by Gasteiger charge is 2.68. The van der Waals surface area contributed by atoms with Gasteiger partial charge in [0.05, 0.1) is 16.8 Å². The Labute approximate surface area is 326 Å². The number of hydrogen-bond donors (Lipinski definition) is 6. The van der Waals surface area contributed by atoms with E-state index in [1.54, 1.807) is 24.3 Å². The SMILES string of the molecule is C[C@]12CCC(=O)C=C1CC[C@@H]1[C@@H]2[C@@H](O)C[C@@]2(C)[C@H]1CC[C@]2(O)C(=O)CO.N[C@@H](Cc1cc(I)c(Oc2ccc(O)c(I)c2)c(I)c1)C(=O)O. The second-order valence-electron chi connectivity index (χ2n) is 14.3. The molecule has 4 aliphatic rings. The molecule has 0 spiro atoms. The van der Waals surface area contributed by atoms with E-state index in [9.17, 15) is 34.8 Å². The minimum absolute atomic E-state index is 0.0697. The number of fused-ring (bicyclic) bond motifs is 5. The van der Waals surface area contributed by atoms with Gasteiger partial charge in [-0.15, -0.1) is 0 Å². The molecule has 10 nitrogen and oxygen atoms in total. The lowest BCUT2D eigenvalue weighted by atomic mass is 9.45. The number of halogens is 3. The smallest absolute Gasteiger partial charge is 0.320 e. The Balaban J connectivity index is 0.000000193. The van der Waals surface area contributed by atoms with Crippen molar-refractivity contribution in [2.75, 3.05) is 6.61 Å². The number of aromatic hydroxyl groups is 1. The topological polar surface area (TPSA) is 188 Å². The molecule has 4 aliphatic carbocycles. The Morgan fingerprint density at radius 1 is 1.04 bits per heavy atom. The number of aliphatic carboxylic acids is 1. The van der Waals surface area contributed by atoms with Crippen LogP contribution in [0.3, 0.4) is 0 Å². The van der Waals surface area contributed by atoms with Gasteiger partial charge in [-0.05, 0) is 178 Å². The van der Waals surface area contributed by atoms with Crippen LogP contribution in [0.2, 0.25) is 0 Å². The summed E-state index contributed by atoms with van der Waals surface area (Å²) in [6, 6.07) is 7.83. The molecule has 6 rings (SSSR count). The van der Waals surface area contributed by atoms with Crippen molar-refractivity contribution >= 4 is 85.3 Å². The number of benzene rings is 2. The van der Waals surface area contributed by atoms with E-state index in [-0.39, 0.29) is 41.1 Å². The lowest BCUT2D eigenvalue weighted by molar-refractivity contribution is -0.182. The number of hydrogen-bond acceptors (Lipinski definition) is 9. The number of aliphatic hydroxyl groups excluding tert-OH is 2. The molecule has 0 bridgehead atoms. The molecule has 13 heteroatoms. The minimum atomic E-state index is -1.54. The largest absolute Gasteiger partial charge is 0.507 e. The number of carbonyl (C=O) groups excluding carboxylic acids is 2. The van der Waals surface area contributed by atoms with Crippen LogP contribution in [0.4, 0.5) is 0 Å². The number of phenols is 1. The first-order valence-corrected chi connectivity index (χ1v) is 19.6. The highest BCUT2D eigenvalue weighted by molar-refractivity contribution is 14.1. The summed E-state index contributed by atoms with van der Waals surface area (Å²) in [5, 5.41) is 50.2. The van der Waals surface area contributed by atoms with Crippen LogP contribution < -0.4 is 10.5 Å². The molecule has 0 saturated heterocycles. The van der Waals surface area contributed by atoms with Gasteiger partial charge in [-0.1, -0.05) is 19.4 Å². The van der Waals surface area contributed by atoms with Crippen LogP contribution in [0.15, 0.2) is 42.0 Å². The van der Waals surface area contributed by atoms with E-state index < -0.39 is 41.5 Å². The molecular weight excluding hydrogens is 971 g/mol. The van der Waals surface area contributed by atoms with Gasteiger partial charge in [0.2, 0.25) is 0 Å². The molecule has 266 valence electrons. The van der Waals surface area contributed by atoms with Crippen molar-refractivity contribution in [3.8, 4) is 17.2 Å². The maximum Gasteiger partial charge on any atom is 0.320 e. The van der Waals surface area contributed by atoms with Gasteiger partial charge in [-0.3, -0.25) is 14.4 Å². The average Bonchev–Trinajstić information content (AvgIpc) is 3.31. The molecule has 0 aromatic heterocycles. The van der Waals surface area contributed by atoms with Gasteiger partial charge in [0.15, 0.2) is 17.3 Å². The van der Waals surface area contributed by atoms with Crippen molar-refractivity contribution in [3.63, 3.8) is 0 Å². The van der Waals surface area contributed by atoms with Gasteiger partial charge in [-0.2, -0.15) is 0 Å². The molecule has 0 amide bonds. The number of carbonyl (C=O) groups is 3. The molecule has 0 unspecified atom stereocenters. The second-order valence-corrected chi connectivity index (χ2v) is 17.8. The molecule has 2 aromatic rings. The van der Waals surface area contributed by atoms with Crippen LogP contribution in [0.5, 0.6) is 17.2 Å².